The van der Waals surface area contributed by atoms with Crippen LogP contribution in [0.3, 0.4) is 0 Å². The van der Waals surface area contributed by atoms with E-state index in [0.717, 1.165) is 25.9 Å². The Morgan fingerprint density at radius 2 is 2.07 bits per heavy atom. The van der Waals surface area contributed by atoms with Crippen LogP contribution in [-0.2, 0) is 18.4 Å². The largest absolute Gasteiger partial charge is 1.00 e. The van der Waals surface area contributed by atoms with Crippen LogP contribution in [0.25, 0.3) is 0 Å². The molecule has 15 heavy (non-hydrogen) atoms. The number of hydrogen-bond donors (Lipinski definition) is 0. The van der Waals surface area contributed by atoms with Crippen LogP contribution < -0.4 is 17.0 Å². The molecule has 84 valence electrons. The van der Waals surface area contributed by atoms with E-state index in [2.05, 4.69) is 0 Å². The van der Waals surface area contributed by atoms with E-state index in [1.165, 1.54) is 0 Å². The molecular weight excluding hydrogens is 214 g/mol. The van der Waals surface area contributed by atoms with Crippen LogP contribution in [0.2, 0.25) is 0 Å². The summed E-state index contributed by atoms with van der Waals surface area (Å²) in [5.74, 6) is 0.235. The zero-order chi connectivity index (χ0) is 9.97. The average molecular weight is 230 g/mol. The van der Waals surface area contributed by atoms with E-state index in [-0.39, 0.29) is 18.3 Å². The Hall–Kier alpha value is -1.03. The van der Waals surface area contributed by atoms with Gasteiger partial charge in [0.05, 0.1) is 7.05 Å². The summed E-state index contributed by atoms with van der Waals surface area (Å²) < 4.78 is 3.86. The number of likely N-dealkylation sites (tertiary alicyclic amines) is 1. The van der Waals surface area contributed by atoms with Crippen LogP contribution in [0.15, 0.2) is 18.7 Å². The first-order valence-corrected chi connectivity index (χ1v) is 5.04. The zero-order valence-electron chi connectivity index (χ0n) is 8.90. The second-order valence-electron chi connectivity index (χ2n) is 3.84. The summed E-state index contributed by atoms with van der Waals surface area (Å²) in [4.78, 5) is 13.7. The van der Waals surface area contributed by atoms with Crippen LogP contribution >= 0.6 is 0 Å². The third-order valence-electron chi connectivity index (χ3n) is 2.60. The van der Waals surface area contributed by atoms with Gasteiger partial charge in [-0.1, -0.05) is 0 Å². The van der Waals surface area contributed by atoms with Gasteiger partial charge in [0, 0.05) is 13.1 Å². The van der Waals surface area contributed by atoms with Crippen molar-refractivity contribution in [2.75, 3.05) is 13.1 Å². The SMILES string of the molecule is C[n+]1ccn(CC(=O)N2CCCC2)c1.[Cl-]. The number of amides is 1. The molecule has 4 nitrogen and oxygen atoms in total. The van der Waals surface area contributed by atoms with Gasteiger partial charge in [-0.05, 0) is 12.8 Å². The van der Waals surface area contributed by atoms with E-state index < -0.39 is 0 Å². The molecule has 1 aromatic heterocycles. The first kappa shape index (κ1) is 12.0. The average Bonchev–Trinajstić information content (AvgIpc) is 2.75. The lowest BCUT2D eigenvalue weighted by Gasteiger charge is -2.12. The molecule has 1 aliphatic heterocycles. The number of rotatable bonds is 2. The van der Waals surface area contributed by atoms with Crippen LogP contribution in [0.5, 0.6) is 0 Å². The maximum atomic E-state index is 11.7. The lowest BCUT2D eigenvalue weighted by Crippen LogP contribution is -3.00. The van der Waals surface area contributed by atoms with Gasteiger partial charge in [-0.3, -0.25) is 4.79 Å². The Labute approximate surface area is 95.9 Å². The molecule has 0 saturated carbocycles. The third-order valence-corrected chi connectivity index (χ3v) is 2.60. The Kier molecular flexibility index (Phi) is 4.15. The van der Waals surface area contributed by atoms with Crippen molar-refractivity contribution in [3.05, 3.63) is 18.7 Å². The van der Waals surface area contributed by atoms with E-state index >= 15 is 0 Å². The molecule has 1 saturated heterocycles. The minimum absolute atomic E-state index is 0. The molecule has 0 aromatic carbocycles. The number of carbonyl (C=O) groups is 1. The van der Waals surface area contributed by atoms with Gasteiger partial charge < -0.3 is 17.3 Å². The van der Waals surface area contributed by atoms with E-state index in [1.807, 2.05) is 39.8 Å². The number of imidazole rings is 1. The first-order chi connectivity index (χ1) is 6.75. The fourth-order valence-electron chi connectivity index (χ4n) is 1.82. The summed E-state index contributed by atoms with van der Waals surface area (Å²) in [6.45, 7) is 2.35. The fourth-order valence-corrected chi connectivity index (χ4v) is 1.82. The molecule has 1 fully saturated rings. The summed E-state index contributed by atoms with van der Waals surface area (Å²) in [5, 5.41) is 0. The lowest BCUT2D eigenvalue weighted by molar-refractivity contribution is -0.671. The van der Waals surface area contributed by atoms with Gasteiger partial charge in [0.1, 0.15) is 12.4 Å². The van der Waals surface area contributed by atoms with Crippen LogP contribution in [0, 0.1) is 0 Å². The van der Waals surface area contributed by atoms with Crippen molar-refractivity contribution in [2.45, 2.75) is 19.4 Å². The molecule has 0 unspecified atom stereocenters. The summed E-state index contributed by atoms with van der Waals surface area (Å²) in [5.41, 5.74) is 0. The number of aryl methyl sites for hydroxylation is 1. The van der Waals surface area contributed by atoms with Crippen molar-refractivity contribution in [3.63, 3.8) is 0 Å². The van der Waals surface area contributed by atoms with E-state index in [9.17, 15) is 4.79 Å². The smallest absolute Gasteiger partial charge is 0.264 e. The molecule has 0 N–H and O–H groups in total. The number of aromatic nitrogens is 2. The quantitative estimate of drug-likeness (QED) is 0.496. The van der Waals surface area contributed by atoms with Crippen molar-refractivity contribution in [1.29, 1.82) is 0 Å². The molecule has 0 aliphatic carbocycles. The molecule has 2 rings (SSSR count). The lowest BCUT2D eigenvalue weighted by atomic mass is 10.4. The topological polar surface area (TPSA) is 29.1 Å². The number of carbonyl (C=O) groups excluding carboxylic acids is 1. The van der Waals surface area contributed by atoms with E-state index in [1.54, 1.807) is 0 Å². The second kappa shape index (κ2) is 5.16. The van der Waals surface area contributed by atoms with Crippen LogP contribution in [0.1, 0.15) is 12.8 Å². The predicted octanol–water partition coefficient (Wildman–Crippen LogP) is -3.06. The summed E-state index contributed by atoms with van der Waals surface area (Å²) >= 11 is 0. The maximum Gasteiger partial charge on any atom is 0.264 e. The summed E-state index contributed by atoms with van der Waals surface area (Å²) in [6, 6.07) is 0. The summed E-state index contributed by atoms with van der Waals surface area (Å²) in [7, 11) is 1.96. The number of halogens is 1. The molecule has 1 amide bonds. The third kappa shape index (κ3) is 2.96. The van der Waals surface area contributed by atoms with Crippen LogP contribution in [0.4, 0.5) is 0 Å². The van der Waals surface area contributed by atoms with Crippen molar-refractivity contribution in [1.82, 2.24) is 9.47 Å². The highest BCUT2D eigenvalue weighted by atomic mass is 35.5. The Balaban J connectivity index is 0.00000112. The molecule has 0 bridgehead atoms. The van der Waals surface area contributed by atoms with Gasteiger partial charge in [-0.15, -0.1) is 0 Å². The molecule has 0 spiro atoms. The molecular formula is C10H16ClN3O. The number of hydrogen-bond acceptors (Lipinski definition) is 1. The molecule has 1 aliphatic rings. The summed E-state index contributed by atoms with van der Waals surface area (Å²) in [6.07, 6.45) is 8.11. The highest BCUT2D eigenvalue weighted by molar-refractivity contribution is 5.76. The van der Waals surface area contributed by atoms with Crippen LogP contribution in [-0.4, -0.2) is 28.5 Å². The fraction of sp³-hybridized carbons (Fsp3) is 0.600. The molecule has 1 aromatic rings. The maximum absolute atomic E-state index is 11.7. The van der Waals surface area contributed by atoms with E-state index in [4.69, 9.17) is 0 Å². The van der Waals surface area contributed by atoms with Crippen molar-refractivity contribution in [3.8, 4) is 0 Å². The van der Waals surface area contributed by atoms with Crippen molar-refractivity contribution in [2.24, 2.45) is 7.05 Å². The predicted molar refractivity (Wildman–Crippen MR) is 51.4 cm³/mol. The molecule has 0 radical (unpaired) electrons. The van der Waals surface area contributed by atoms with Gasteiger partial charge in [0.15, 0.2) is 6.54 Å². The minimum atomic E-state index is 0. The molecule has 5 heteroatoms. The van der Waals surface area contributed by atoms with Gasteiger partial charge in [0.2, 0.25) is 6.33 Å². The monoisotopic (exact) mass is 229 g/mol. The highest BCUT2D eigenvalue weighted by Crippen LogP contribution is 2.07. The van der Waals surface area contributed by atoms with Gasteiger partial charge in [0.25, 0.3) is 5.91 Å². The molecule has 2 heterocycles. The van der Waals surface area contributed by atoms with E-state index in [0.29, 0.717) is 6.54 Å². The number of nitrogens with zero attached hydrogens (tertiary/aromatic N) is 3. The Bertz CT molecular complexity index is 331. The normalized spacial score (nSPS) is 15.1. The second-order valence-corrected chi connectivity index (χ2v) is 3.84. The standard InChI is InChI=1S/C10H16N3O.ClH/c1-11-6-7-12(9-11)8-10(14)13-4-2-3-5-13;/h6-7,9H,2-5,8H2,1H3;1H/q+1;/p-1. The highest BCUT2D eigenvalue weighted by Gasteiger charge is 2.19. The Morgan fingerprint density at radius 1 is 1.40 bits per heavy atom. The van der Waals surface area contributed by atoms with Crippen molar-refractivity contribution < 1.29 is 21.8 Å². The molecule has 0 atom stereocenters. The van der Waals surface area contributed by atoms with Gasteiger partial charge in [-0.25, -0.2) is 9.13 Å². The zero-order valence-corrected chi connectivity index (χ0v) is 9.65. The minimum Gasteiger partial charge on any atom is -1.00 e. The first-order valence-electron chi connectivity index (χ1n) is 5.04. The van der Waals surface area contributed by atoms with Crippen molar-refractivity contribution >= 4 is 5.91 Å². The Morgan fingerprint density at radius 3 is 2.60 bits per heavy atom. The van der Waals surface area contributed by atoms with Gasteiger partial charge >= 0.3 is 0 Å². The van der Waals surface area contributed by atoms with Gasteiger partial charge in [-0.2, -0.15) is 0 Å².